The highest BCUT2D eigenvalue weighted by Gasteiger charge is 2.28. The van der Waals surface area contributed by atoms with Crippen LogP contribution in [-0.2, 0) is 24.3 Å². The van der Waals surface area contributed by atoms with Crippen molar-refractivity contribution in [2.45, 2.75) is 65.1 Å². The molecule has 164 valence electrons. The lowest BCUT2D eigenvalue weighted by Gasteiger charge is -2.34. The van der Waals surface area contributed by atoms with Gasteiger partial charge in [-0.05, 0) is 43.3 Å². The third-order valence-corrected chi connectivity index (χ3v) is 7.49. The first kappa shape index (κ1) is 20.5. The van der Waals surface area contributed by atoms with E-state index in [9.17, 15) is 9.59 Å². The van der Waals surface area contributed by atoms with Crippen molar-refractivity contribution in [3.8, 4) is 0 Å². The maximum atomic E-state index is 13.2. The minimum Gasteiger partial charge on any atom is -0.338 e. The molecule has 0 bridgehead atoms. The monoisotopic (exact) mass is 439 g/mol. The molecule has 0 spiro atoms. The Labute approximate surface area is 185 Å². The molecule has 1 fully saturated rings. The van der Waals surface area contributed by atoms with Crippen LogP contribution in [0.3, 0.4) is 0 Å². The summed E-state index contributed by atoms with van der Waals surface area (Å²) >= 11 is 1.80. The van der Waals surface area contributed by atoms with Gasteiger partial charge in [-0.3, -0.25) is 19.6 Å². The van der Waals surface area contributed by atoms with E-state index >= 15 is 0 Å². The molecule has 0 radical (unpaired) electrons. The molecule has 7 nitrogen and oxygen atoms in total. The fourth-order valence-electron chi connectivity index (χ4n) is 4.95. The molecule has 5 heterocycles. The van der Waals surface area contributed by atoms with Crippen LogP contribution in [-0.4, -0.2) is 43.4 Å². The fraction of sp³-hybridized carbons (Fsp3) is 0.522. The highest BCUT2D eigenvalue weighted by Crippen LogP contribution is 2.32. The highest BCUT2D eigenvalue weighted by molar-refractivity contribution is 7.10. The van der Waals surface area contributed by atoms with Crippen molar-refractivity contribution in [3.05, 3.63) is 55.3 Å². The summed E-state index contributed by atoms with van der Waals surface area (Å²) in [5.41, 5.74) is 4.51. The lowest BCUT2D eigenvalue weighted by atomic mass is 9.99. The Morgan fingerprint density at radius 3 is 2.94 bits per heavy atom. The topological polar surface area (TPSA) is 73.7 Å². The summed E-state index contributed by atoms with van der Waals surface area (Å²) in [5.74, 6) is 0.0869. The van der Waals surface area contributed by atoms with Gasteiger partial charge in [-0.1, -0.05) is 13.3 Å². The molecule has 1 unspecified atom stereocenters. The van der Waals surface area contributed by atoms with E-state index < -0.39 is 0 Å². The van der Waals surface area contributed by atoms with Gasteiger partial charge in [0.25, 0.3) is 5.56 Å². The normalized spacial score (nSPS) is 19.7. The summed E-state index contributed by atoms with van der Waals surface area (Å²) in [5, 5.41) is 5.61. The molecular formula is C23H29N5O2S. The summed E-state index contributed by atoms with van der Waals surface area (Å²) < 4.78 is 1.58. The SMILES string of the molecule is CCC(=O)N1CCc2nc3cc(C4CCCCN4Cc4csc(C)c4)[nH]n3c(=O)c2C1. The number of aryl methyl sites for hydroxylation is 1. The van der Waals surface area contributed by atoms with Crippen LogP contribution >= 0.6 is 11.3 Å². The van der Waals surface area contributed by atoms with Gasteiger partial charge in [-0.2, -0.15) is 0 Å². The number of carbonyl (C=O) groups is 1. The lowest BCUT2D eigenvalue weighted by Crippen LogP contribution is -2.40. The number of piperidine rings is 1. The van der Waals surface area contributed by atoms with Gasteiger partial charge in [-0.15, -0.1) is 11.3 Å². The molecule has 1 atom stereocenters. The summed E-state index contributed by atoms with van der Waals surface area (Å²) in [6, 6.07) is 4.57. The first-order chi connectivity index (χ1) is 15.0. The van der Waals surface area contributed by atoms with Crippen molar-refractivity contribution in [1.82, 2.24) is 24.4 Å². The van der Waals surface area contributed by atoms with E-state index in [1.165, 1.54) is 23.3 Å². The van der Waals surface area contributed by atoms with Crippen LogP contribution in [0.5, 0.6) is 0 Å². The molecule has 0 aromatic carbocycles. The van der Waals surface area contributed by atoms with Gasteiger partial charge >= 0.3 is 0 Å². The lowest BCUT2D eigenvalue weighted by molar-refractivity contribution is -0.131. The Kier molecular flexibility index (Phi) is 5.44. The molecule has 31 heavy (non-hydrogen) atoms. The van der Waals surface area contributed by atoms with Gasteiger partial charge in [0.15, 0.2) is 5.65 Å². The number of hydrogen-bond donors (Lipinski definition) is 1. The zero-order chi connectivity index (χ0) is 21.5. The van der Waals surface area contributed by atoms with Crippen molar-refractivity contribution in [2.75, 3.05) is 13.1 Å². The van der Waals surface area contributed by atoms with Crippen molar-refractivity contribution >= 4 is 22.9 Å². The standard InChI is InChI=1S/C23H29N5O2S/c1-3-22(29)27-9-7-18-17(13-27)23(30)28-21(24-18)11-19(25-28)20-6-4-5-8-26(20)12-16-10-15(2)31-14-16/h10-11,14,20,25H,3-9,12-13H2,1-2H3. The second kappa shape index (κ2) is 8.24. The van der Waals surface area contributed by atoms with Gasteiger partial charge in [0.1, 0.15) is 0 Å². The minimum absolute atomic E-state index is 0.0735. The third-order valence-electron chi connectivity index (χ3n) is 6.58. The van der Waals surface area contributed by atoms with Crippen LogP contribution in [0, 0.1) is 6.92 Å². The van der Waals surface area contributed by atoms with Crippen LogP contribution in [0.1, 0.15) is 66.0 Å². The van der Waals surface area contributed by atoms with E-state index in [1.54, 1.807) is 20.8 Å². The van der Waals surface area contributed by atoms with Crippen molar-refractivity contribution < 1.29 is 4.79 Å². The second-order valence-corrected chi connectivity index (χ2v) is 9.83. The van der Waals surface area contributed by atoms with Crippen LogP contribution in [0.15, 0.2) is 22.3 Å². The molecule has 2 aliphatic rings. The molecule has 3 aromatic heterocycles. The average Bonchev–Trinajstić information content (AvgIpc) is 3.39. The Balaban J connectivity index is 1.47. The van der Waals surface area contributed by atoms with Crippen LogP contribution in [0.2, 0.25) is 0 Å². The number of carbonyl (C=O) groups excluding carboxylic acids is 1. The van der Waals surface area contributed by atoms with Crippen LogP contribution < -0.4 is 5.56 Å². The number of thiophene rings is 1. The molecule has 1 amide bonds. The van der Waals surface area contributed by atoms with E-state index in [1.807, 2.05) is 13.0 Å². The molecule has 1 saturated heterocycles. The van der Waals surface area contributed by atoms with Gasteiger partial charge in [-0.25, -0.2) is 9.50 Å². The van der Waals surface area contributed by atoms with E-state index in [0.717, 1.165) is 30.9 Å². The number of aromatic nitrogens is 3. The van der Waals surface area contributed by atoms with Crippen molar-refractivity contribution in [2.24, 2.45) is 0 Å². The van der Waals surface area contributed by atoms with Gasteiger partial charge < -0.3 is 4.90 Å². The van der Waals surface area contributed by atoms with Gasteiger partial charge in [0, 0.05) is 36.9 Å². The first-order valence-corrected chi connectivity index (χ1v) is 12.1. The quantitative estimate of drug-likeness (QED) is 0.676. The number of amides is 1. The molecule has 1 N–H and O–H groups in total. The third kappa shape index (κ3) is 3.83. The largest absolute Gasteiger partial charge is 0.338 e. The predicted octanol–water partition coefficient (Wildman–Crippen LogP) is 3.41. The van der Waals surface area contributed by atoms with E-state index in [4.69, 9.17) is 4.98 Å². The second-order valence-electron chi connectivity index (χ2n) is 8.71. The number of likely N-dealkylation sites (tertiary alicyclic amines) is 1. The molecule has 3 aromatic rings. The first-order valence-electron chi connectivity index (χ1n) is 11.2. The highest BCUT2D eigenvalue weighted by atomic mass is 32.1. The number of aromatic amines is 1. The number of fused-ring (bicyclic) bond motifs is 2. The van der Waals surface area contributed by atoms with Crippen molar-refractivity contribution in [1.29, 1.82) is 0 Å². The number of H-pyrrole nitrogens is 1. The molecule has 0 aliphatic carbocycles. The molecule has 5 rings (SSSR count). The van der Waals surface area contributed by atoms with Gasteiger partial charge in [0.05, 0.1) is 29.5 Å². The molecule has 2 aliphatic heterocycles. The number of nitrogens with one attached hydrogen (secondary N) is 1. The van der Waals surface area contributed by atoms with Crippen molar-refractivity contribution in [3.63, 3.8) is 0 Å². The zero-order valence-electron chi connectivity index (χ0n) is 18.2. The van der Waals surface area contributed by atoms with E-state index in [2.05, 4.69) is 28.4 Å². The molecular weight excluding hydrogens is 410 g/mol. The fourth-order valence-corrected chi connectivity index (χ4v) is 5.65. The zero-order valence-corrected chi connectivity index (χ0v) is 19.0. The maximum absolute atomic E-state index is 13.2. The Hall–Kier alpha value is -2.45. The van der Waals surface area contributed by atoms with Crippen LogP contribution in [0.4, 0.5) is 0 Å². The Bertz CT molecular complexity index is 1180. The Morgan fingerprint density at radius 1 is 1.29 bits per heavy atom. The predicted molar refractivity (Wildman–Crippen MR) is 121 cm³/mol. The maximum Gasteiger partial charge on any atom is 0.277 e. The summed E-state index contributed by atoms with van der Waals surface area (Å²) in [6.07, 6.45) is 4.56. The van der Waals surface area contributed by atoms with E-state index in [-0.39, 0.29) is 17.5 Å². The number of rotatable bonds is 4. The summed E-state index contributed by atoms with van der Waals surface area (Å²) in [6.45, 7) is 6.98. The molecule has 8 heteroatoms. The summed E-state index contributed by atoms with van der Waals surface area (Å²) in [4.78, 5) is 35.8. The Morgan fingerprint density at radius 2 is 2.16 bits per heavy atom. The number of hydrogen-bond acceptors (Lipinski definition) is 5. The molecule has 0 saturated carbocycles. The average molecular weight is 440 g/mol. The number of nitrogens with zero attached hydrogens (tertiary/aromatic N) is 4. The summed E-state index contributed by atoms with van der Waals surface area (Å²) in [7, 11) is 0. The smallest absolute Gasteiger partial charge is 0.277 e. The van der Waals surface area contributed by atoms with Crippen LogP contribution in [0.25, 0.3) is 5.65 Å². The van der Waals surface area contributed by atoms with Gasteiger partial charge in [0.2, 0.25) is 5.91 Å². The van der Waals surface area contributed by atoms with E-state index in [0.29, 0.717) is 37.1 Å². The minimum atomic E-state index is -0.0735.